The van der Waals surface area contributed by atoms with Crippen LogP contribution in [-0.2, 0) is 19.7 Å². The summed E-state index contributed by atoms with van der Waals surface area (Å²) in [6.45, 7) is 2.86. The van der Waals surface area contributed by atoms with Crippen LogP contribution in [-0.4, -0.2) is 48.7 Å². The second-order valence-corrected chi connectivity index (χ2v) is 7.69. The van der Waals surface area contributed by atoms with Crippen LogP contribution < -0.4 is 0 Å². The Balaban J connectivity index is 1.80. The molecule has 0 spiro atoms. The summed E-state index contributed by atoms with van der Waals surface area (Å²) in [5.74, 6) is -0.439. The maximum absolute atomic E-state index is 13.0. The van der Waals surface area contributed by atoms with Gasteiger partial charge in [-0.15, -0.1) is 0 Å². The van der Waals surface area contributed by atoms with E-state index in [-0.39, 0.29) is 12.6 Å². The highest BCUT2D eigenvalue weighted by Gasteiger charge is 2.47. The molecule has 2 fully saturated rings. The monoisotopic (exact) mass is 338 g/mol. The van der Waals surface area contributed by atoms with Crippen molar-refractivity contribution in [3.8, 4) is 0 Å². The van der Waals surface area contributed by atoms with Gasteiger partial charge in [0.25, 0.3) is 10.2 Å². The summed E-state index contributed by atoms with van der Waals surface area (Å²) in [4.78, 5) is 12.0. The second-order valence-electron chi connectivity index (χ2n) is 5.85. The Kier molecular flexibility index (Phi) is 4.70. The number of carbonyl (C=O) groups is 1. The number of ether oxygens (including phenoxy) is 1. The molecule has 0 radical (unpaired) electrons. The van der Waals surface area contributed by atoms with Gasteiger partial charge in [-0.2, -0.15) is 17.0 Å². The van der Waals surface area contributed by atoms with Crippen molar-refractivity contribution in [3.63, 3.8) is 0 Å². The summed E-state index contributed by atoms with van der Waals surface area (Å²) >= 11 is 0. The van der Waals surface area contributed by atoms with E-state index in [0.717, 1.165) is 12.0 Å². The van der Waals surface area contributed by atoms with Crippen molar-refractivity contribution in [1.29, 1.82) is 0 Å². The van der Waals surface area contributed by atoms with Crippen LogP contribution in [0, 0.1) is 0 Å². The molecule has 1 aromatic rings. The maximum atomic E-state index is 13.0. The first-order valence-corrected chi connectivity index (χ1v) is 9.45. The van der Waals surface area contributed by atoms with Crippen LogP contribution in [0.3, 0.4) is 0 Å². The Hall–Kier alpha value is -1.44. The lowest BCUT2D eigenvalue weighted by Crippen LogP contribution is -2.54. The molecule has 0 saturated carbocycles. The summed E-state index contributed by atoms with van der Waals surface area (Å²) in [6.07, 6.45) is 2.02. The van der Waals surface area contributed by atoms with E-state index in [9.17, 15) is 13.2 Å². The van der Waals surface area contributed by atoms with Gasteiger partial charge in [0.15, 0.2) is 0 Å². The van der Waals surface area contributed by atoms with E-state index in [2.05, 4.69) is 0 Å². The summed E-state index contributed by atoms with van der Waals surface area (Å²) < 4.78 is 33.8. The molecular weight excluding hydrogens is 316 g/mol. The highest BCUT2D eigenvalue weighted by Crippen LogP contribution is 2.38. The van der Waals surface area contributed by atoms with Crippen LogP contribution in [0.4, 0.5) is 0 Å². The van der Waals surface area contributed by atoms with Crippen molar-refractivity contribution in [2.75, 3.05) is 19.7 Å². The predicted molar refractivity (Wildman–Crippen MR) is 85.8 cm³/mol. The van der Waals surface area contributed by atoms with Gasteiger partial charge < -0.3 is 4.74 Å². The van der Waals surface area contributed by atoms with Crippen molar-refractivity contribution >= 4 is 16.2 Å². The van der Waals surface area contributed by atoms with Crippen molar-refractivity contribution in [2.45, 2.75) is 38.3 Å². The van der Waals surface area contributed by atoms with Crippen molar-refractivity contribution in [1.82, 2.24) is 8.61 Å². The van der Waals surface area contributed by atoms with E-state index in [1.807, 2.05) is 30.3 Å². The third-order valence-electron chi connectivity index (χ3n) is 4.51. The average molecular weight is 338 g/mol. The van der Waals surface area contributed by atoms with E-state index in [1.165, 1.54) is 8.61 Å². The van der Waals surface area contributed by atoms with E-state index in [1.54, 1.807) is 6.92 Å². The SMILES string of the molecule is CCOC(=O)[C@@H]1CCCN1S(=O)(=O)N1CC[C@H]1c1ccccc1. The number of rotatable bonds is 5. The Morgan fingerprint density at radius 3 is 2.52 bits per heavy atom. The van der Waals surface area contributed by atoms with Crippen LogP contribution in [0.25, 0.3) is 0 Å². The fourth-order valence-electron chi connectivity index (χ4n) is 3.27. The van der Waals surface area contributed by atoms with Crippen molar-refractivity contribution in [3.05, 3.63) is 35.9 Å². The normalized spacial score (nSPS) is 26.0. The average Bonchev–Trinajstić information content (AvgIpc) is 2.97. The lowest BCUT2D eigenvalue weighted by Gasteiger charge is -2.42. The van der Waals surface area contributed by atoms with Gasteiger partial charge >= 0.3 is 5.97 Å². The molecule has 23 heavy (non-hydrogen) atoms. The lowest BCUT2D eigenvalue weighted by molar-refractivity contribution is -0.147. The summed E-state index contributed by atoms with van der Waals surface area (Å²) in [5.41, 5.74) is 0.995. The lowest BCUT2D eigenvalue weighted by atomic mass is 9.98. The zero-order chi connectivity index (χ0) is 16.4. The Labute approximate surface area is 137 Å². The molecule has 0 aliphatic carbocycles. The summed E-state index contributed by atoms with van der Waals surface area (Å²) in [7, 11) is -3.65. The van der Waals surface area contributed by atoms with Crippen LogP contribution >= 0.6 is 0 Å². The van der Waals surface area contributed by atoms with Crippen molar-refractivity contribution in [2.24, 2.45) is 0 Å². The van der Waals surface area contributed by atoms with Gasteiger partial charge in [0.1, 0.15) is 6.04 Å². The number of hydrogen-bond acceptors (Lipinski definition) is 4. The summed E-state index contributed by atoms with van der Waals surface area (Å²) in [6, 6.07) is 8.81. The molecule has 2 aliphatic heterocycles. The maximum Gasteiger partial charge on any atom is 0.324 e. The fraction of sp³-hybridized carbons (Fsp3) is 0.562. The van der Waals surface area contributed by atoms with Gasteiger partial charge in [-0.25, -0.2) is 0 Å². The van der Waals surface area contributed by atoms with Crippen LogP contribution in [0.2, 0.25) is 0 Å². The van der Waals surface area contributed by atoms with Crippen LogP contribution in [0.15, 0.2) is 30.3 Å². The first-order chi connectivity index (χ1) is 11.1. The molecule has 2 saturated heterocycles. The molecule has 0 N–H and O–H groups in total. The van der Waals surface area contributed by atoms with Gasteiger partial charge in [-0.1, -0.05) is 30.3 Å². The van der Waals surface area contributed by atoms with Gasteiger partial charge in [-0.3, -0.25) is 4.79 Å². The zero-order valence-corrected chi connectivity index (χ0v) is 14.0. The van der Waals surface area contributed by atoms with E-state index in [0.29, 0.717) is 25.9 Å². The van der Waals surface area contributed by atoms with Gasteiger partial charge in [0, 0.05) is 13.1 Å². The second kappa shape index (κ2) is 6.59. The Morgan fingerprint density at radius 1 is 1.17 bits per heavy atom. The van der Waals surface area contributed by atoms with E-state index >= 15 is 0 Å². The highest BCUT2D eigenvalue weighted by atomic mass is 32.2. The molecular formula is C16H22N2O4S. The van der Waals surface area contributed by atoms with E-state index in [4.69, 9.17) is 4.74 Å². The molecule has 7 heteroatoms. The first kappa shape index (κ1) is 16.4. The Bertz CT molecular complexity index is 662. The molecule has 3 rings (SSSR count). The third kappa shape index (κ3) is 3.00. The molecule has 2 aliphatic rings. The smallest absolute Gasteiger partial charge is 0.324 e. The first-order valence-electron chi connectivity index (χ1n) is 8.06. The van der Waals surface area contributed by atoms with Crippen molar-refractivity contribution < 1.29 is 17.9 Å². The molecule has 0 unspecified atom stereocenters. The largest absolute Gasteiger partial charge is 0.465 e. The molecule has 6 nitrogen and oxygen atoms in total. The number of esters is 1. The minimum atomic E-state index is -3.65. The molecule has 126 valence electrons. The fourth-order valence-corrected chi connectivity index (χ4v) is 5.30. The van der Waals surface area contributed by atoms with Gasteiger partial charge in [0.2, 0.25) is 0 Å². The predicted octanol–water partition coefficient (Wildman–Crippen LogP) is 1.71. The minimum absolute atomic E-state index is 0.135. The zero-order valence-electron chi connectivity index (χ0n) is 13.2. The molecule has 0 aromatic heterocycles. The number of nitrogens with zero attached hydrogens (tertiary/aromatic N) is 2. The van der Waals surface area contributed by atoms with Gasteiger partial charge in [-0.05, 0) is 31.7 Å². The van der Waals surface area contributed by atoms with Gasteiger partial charge in [0.05, 0.1) is 12.6 Å². The number of benzene rings is 1. The summed E-state index contributed by atoms with van der Waals surface area (Å²) in [5, 5.41) is 0. The quantitative estimate of drug-likeness (QED) is 0.767. The van der Waals surface area contributed by atoms with Crippen LogP contribution in [0.1, 0.15) is 37.8 Å². The molecule has 1 aromatic carbocycles. The molecule has 2 heterocycles. The van der Waals surface area contributed by atoms with E-state index < -0.39 is 22.2 Å². The topological polar surface area (TPSA) is 66.9 Å². The molecule has 2 atom stereocenters. The van der Waals surface area contributed by atoms with Crippen LogP contribution in [0.5, 0.6) is 0 Å². The minimum Gasteiger partial charge on any atom is -0.465 e. The number of carbonyl (C=O) groups excluding carboxylic acids is 1. The standard InChI is InChI=1S/C16H22N2O4S/c1-2-22-16(19)15-9-6-11-17(15)23(20,21)18-12-10-14(18)13-7-4-3-5-8-13/h3-5,7-8,14-15H,2,6,9-12H2,1H3/t14-,15-/m0/s1. The molecule has 0 bridgehead atoms. The molecule has 0 amide bonds. The third-order valence-corrected chi connectivity index (χ3v) is 6.57. The Morgan fingerprint density at radius 2 is 1.91 bits per heavy atom. The number of hydrogen-bond donors (Lipinski definition) is 0. The highest BCUT2D eigenvalue weighted by molar-refractivity contribution is 7.86.